The summed E-state index contributed by atoms with van der Waals surface area (Å²) in [7, 11) is -0.742. The van der Waals surface area contributed by atoms with Gasteiger partial charge in [0.2, 0.25) is 8.87 Å². The molecule has 0 unspecified atom stereocenters. The molecule has 0 atom stereocenters. The van der Waals surface area contributed by atoms with Crippen molar-refractivity contribution < 1.29 is 8.42 Å². The molecular weight excluding hydrogens is 284 g/mol. The molecule has 0 spiro atoms. The fraction of sp³-hybridized carbons (Fsp3) is 0.846. The minimum Gasteiger partial charge on any atom is -0.212 e. The molecule has 5 heteroatoms. The van der Waals surface area contributed by atoms with E-state index in [0.717, 1.165) is 27.4 Å². The van der Waals surface area contributed by atoms with Gasteiger partial charge in [0, 0.05) is 21.0 Å². The van der Waals surface area contributed by atoms with Gasteiger partial charge in [-0.25, -0.2) is 8.42 Å². The normalized spacial score (nSPS) is 11.6. The summed E-state index contributed by atoms with van der Waals surface area (Å²) in [5, 5.41) is 1.01. The summed E-state index contributed by atoms with van der Waals surface area (Å²) in [6.07, 6.45) is 11.7. The van der Waals surface area contributed by atoms with E-state index >= 15 is 0 Å². The molecule has 18 heavy (non-hydrogen) atoms. The predicted molar refractivity (Wildman–Crippen MR) is 86.4 cm³/mol. The predicted octanol–water partition coefficient (Wildman–Crippen LogP) is 5.37. The van der Waals surface area contributed by atoms with Gasteiger partial charge in [-0.1, -0.05) is 75.7 Å². The summed E-state index contributed by atoms with van der Waals surface area (Å²) >= 11 is 0. The van der Waals surface area contributed by atoms with Crippen molar-refractivity contribution >= 4 is 29.5 Å². The first kappa shape index (κ1) is 18.4. The Hall–Kier alpha value is 0.390. The molecule has 0 saturated carbocycles. The minimum atomic E-state index is -3.09. The maximum Gasteiger partial charge on any atom is 0.232 e. The van der Waals surface area contributed by atoms with Crippen LogP contribution in [0, 0.1) is 0 Å². The zero-order valence-electron chi connectivity index (χ0n) is 11.4. The molecule has 0 aromatic rings. The SMILES string of the molecule is C=CS(=O)(=O)SSCCCCCCCCCCC. The smallest absolute Gasteiger partial charge is 0.212 e. The third-order valence-corrected chi connectivity index (χ3v) is 8.17. The third kappa shape index (κ3) is 12.8. The van der Waals surface area contributed by atoms with Crippen LogP contribution < -0.4 is 0 Å². The standard InChI is InChI=1S/C13H26O2S3/c1-3-5-6-7-8-9-10-11-12-13-16-17-18(14,15)4-2/h4H,2-3,5-13H2,1H3. The summed E-state index contributed by atoms with van der Waals surface area (Å²) in [5.41, 5.74) is 0. The number of unbranched alkanes of at least 4 members (excludes halogenated alkanes) is 8. The van der Waals surface area contributed by atoms with Crippen LogP contribution in [0.4, 0.5) is 0 Å². The molecule has 0 amide bonds. The van der Waals surface area contributed by atoms with Crippen molar-refractivity contribution in [1.29, 1.82) is 0 Å². The molecule has 0 N–H and O–H groups in total. The van der Waals surface area contributed by atoms with Crippen molar-refractivity contribution in [3.63, 3.8) is 0 Å². The zero-order valence-corrected chi connectivity index (χ0v) is 13.8. The molecule has 0 aromatic heterocycles. The first-order chi connectivity index (χ1) is 8.62. The van der Waals surface area contributed by atoms with E-state index in [4.69, 9.17) is 0 Å². The highest BCUT2D eigenvalue weighted by molar-refractivity contribution is 9.07. The maximum absolute atomic E-state index is 11.1. The number of rotatable bonds is 13. The highest BCUT2D eigenvalue weighted by Gasteiger charge is 2.05. The van der Waals surface area contributed by atoms with Gasteiger partial charge in [-0.05, 0) is 6.42 Å². The van der Waals surface area contributed by atoms with Crippen molar-refractivity contribution in [2.24, 2.45) is 0 Å². The lowest BCUT2D eigenvalue weighted by atomic mass is 10.1. The van der Waals surface area contributed by atoms with Gasteiger partial charge >= 0.3 is 0 Å². The van der Waals surface area contributed by atoms with Crippen molar-refractivity contribution in [2.75, 3.05) is 5.75 Å². The minimum absolute atomic E-state index is 0.910. The largest absolute Gasteiger partial charge is 0.232 e. The topological polar surface area (TPSA) is 34.1 Å². The Kier molecular flexibility index (Phi) is 12.7. The summed E-state index contributed by atoms with van der Waals surface area (Å²) in [6, 6.07) is 0. The van der Waals surface area contributed by atoms with E-state index in [1.54, 1.807) is 0 Å². The fourth-order valence-corrected chi connectivity index (χ4v) is 5.63. The van der Waals surface area contributed by atoms with Gasteiger partial charge < -0.3 is 0 Å². The van der Waals surface area contributed by atoms with Crippen LogP contribution in [0.25, 0.3) is 0 Å². The number of hydrogen-bond acceptors (Lipinski definition) is 4. The summed E-state index contributed by atoms with van der Waals surface area (Å²) in [5.74, 6) is 0.910. The Morgan fingerprint density at radius 1 is 0.944 bits per heavy atom. The lowest BCUT2D eigenvalue weighted by Crippen LogP contribution is -1.85. The van der Waals surface area contributed by atoms with Crippen molar-refractivity contribution in [3.05, 3.63) is 12.0 Å². The first-order valence-corrected chi connectivity index (χ1v) is 11.2. The van der Waals surface area contributed by atoms with Crippen LogP contribution in [0.3, 0.4) is 0 Å². The van der Waals surface area contributed by atoms with Gasteiger partial charge in [-0.3, -0.25) is 0 Å². The molecule has 0 radical (unpaired) electrons. The second-order valence-corrected chi connectivity index (χ2v) is 10.2. The summed E-state index contributed by atoms with van der Waals surface area (Å²) in [4.78, 5) is 0. The van der Waals surface area contributed by atoms with E-state index in [1.807, 2.05) is 0 Å². The fourth-order valence-electron chi connectivity index (χ4n) is 1.60. The van der Waals surface area contributed by atoms with Crippen LogP contribution >= 0.6 is 20.6 Å². The molecule has 108 valence electrons. The zero-order chi connectivity index (χ0) is 13.7. The van der Waals surface area contributed by atoms with Crippen LogP contribution in [-0.4, -0.2) is 14.2 Å². The van der Waals surface area contributed by atoms with E-state index in [2.05, 4.69) is 13.5 Å². The average molecular weight is 311 g/mol. The first-order valence-electron chi connectivity index (χ1n) is 6.81. The van der Waals surface area contributed by atoms with E-state index < -0.39 is 8.87 Å². The monoisotopic (exact) mass is 310 g/mol. The van der Waals surface area contributed by atoms with E-state index in [9.17, 15) is 8.42 Å². The van der Waals surface area contributed by atoms with Crippen molar-refractivity contribution in [3.8, 4) is 0 Å². The van der Waals surface area contributed by atoms with Gasteiger partial charge in [-0.15, -0.1) is 0 Å². The molecule has 0 heterocycles. The van der Waals surface area contributed by atoms with Crippen molar-refractivity contribution in [1.82, 2.24) is 0 Å². The molecular formula is C13H26O2S3. The van der Waals surface area contributed by atoms with Crippen LogP contribution in [-0.2, 0) is 8.87 Å². The molecule has 2 nitrogen and oxygen atoms in total. The molecule has 0 aliphatic rings. The van der Waals surface area contributed by atoms with Gasteiger partial charge in [0.15, 0.2) is 0 Å². The second kappa shape index (κ2) is 12.4. The Labute approximate surface area is 120 Å². The van der Waals surface area contributed by atoms with E-state index in [-0.39, 0.29) is 0 Å². The quantitative estimate of drug-likeness (QED) is 0.338. The van der Waals surface area contributed by atoms with Crippen LogP contribution in [0.1, 0.15) is 64.7 Å². The van der Waals surface area contributed by atoms with Crippen LogP contribution in [0.15, 0.2) is 12.0 Å². The molecule has 0 aliphatic heterocycles. The molecule has 0 fully saturated rings. The summed E-state index contributed by atoms with van der Waals surface area (Å²) < 4.78 is 22.2. The highest BCUT2D eigenvalue weighted by Crippen LogP contribution is 2.30. The van der Waals surface area contributed by atoms with Crippen LogP contribution in [0.2, 0.25) is 0 Å². The summed E-state index contributed by atoms with van der Waals surface area (Å²) in [6.45, 7) is 5.52. The highest BCUT2D eigenvalue weighted by atomic mass is 33.5. The molecule has 0 rings (SSSR count). The Morgan fingerprint density at radius 3 is 1.94 bits per heavy atom. The molecule has 0 saturated heterocycles. The van der Waals surface area contributed by atoms with Gasteiger partial charge in [-0.2, -0.15) is 0 Å². The lowest BCUT2D eigenvalue weighted by molar-refractivity contribution is 0.573. The van der Waals surface area contributed by atoms with Crippen molar-refractivity contribution in [2.45, 2.75) is 64.7 Å². The lowest BCUT2D eigenvalue weighted by Gasteiger charge is -2.01. The van der Waals surface area contributed by atoms with Gasteiger partial charge in [0.05, 0.1) is 0 Å². The average Bonchev–Trinajstić information content (AvgIpc) is 2.36. The third-order valence-electron chi connectivity index (χ3n) is 2.68. The van der Waals surface area contributed by atoms with E-state index in [0.29, 0.717) is 0 Å². The number of hydrogen-bond donors (Lipinski definition) is 0. The Bertz CT molecular complexity index is 287. The molecule has 0 aromatic carbocycles. The Balaban J connectivity index is 3.15. The second-order valence-electron chi connectivity index (χ2n) is 4.38. The maximum atomic E-state index is 11.1. The van der Waals surface area contributed by atoms with Crippen LogP contribution in [0.5, 0.6) is 0 Å². The molecule has 0 bridgehead atoms. The van der Waals surface area contributed by atoms with Gasteiger partial charge in [0.25, 0.3) is 0 Å². The van der Waals surface area contributed by atoms with E-state index in [1.165, 1.54) is 62.2 Å². The molecule has 0 aliphatic carbocycles. The Morgan fingerprint density at radius 2 is 1.44 bits per heavy atom. The van der Waals surface area contributed by atoms with Gasteiger partial charge in [0.1, 0.15) is 0 Å².